The number of fused-ring (bicyclic) bond motifs is 1. The van der Waals surface area contributed by atoms with Crippen LogP contribution in [0.15, 0.2) is 34.7 Å². The van der Waals surface area contributed by atoms with Gasteiger partial charge in [-0.15, -0.1) is 21.5 Å². The highest BCUT2D eigenvalue weighted by Gasteiger charge is 2.27. The Morgan fingerprint density at radius 3 is 2.67 bits per heavy atom. The van der Waals surface area contributed by atoms with E-state index >= 15 is 0 Å². The van der Waals surface area contributed by atoms with E-state index in [1.165, 1.54) is 11.8 Å². The lowest BCUT2D eigenvalue weighted by atomic mass is 10.3. The Kier molecular flexibility index (Phi) is 4.63. The van der Waals surface area contributed by atoms with Crippen LogP contribution in [-0.4, -0.2) is 55.7 Å². The molecule has 3 rings (SSSR count). The average molecular weight is 361 g/mol. The van der Waals surface area contributed by atoms with Crippen molar-refractivity contribution < 1.29 is 9.59 Å². The van der Waals surface area contributed by atoms with Gasteiger partial charge in [-0.05, 0) is 30.5 Å². The standard InChI is InChI=1S/C15H15N5O2S2/c1-9(21)13(15(22)19(2)3)24-12-7-6-11-16-17-14(20(11)18-12)10-5-4-8-23-10/h4-8,13H,1-3H3. The van der Waals surface area contributed by atoms with Crippen LogP contribution in [0.2, 0.25) is 0 Å². The lowest BCUT2D eigenvalue weighted by Crippen LogP contribution is -2.36. The first-order valence-electron chi connectivity index (χ1n) is 7.12. The van der Waals surface area contributed by atoms with Crippen LogP contribution in [0.5, 0.6) is 0 Å². The molecular weight excluding hydrogens is 346 g/mol. The fraction of sp³-hybridized carbons (Fsp3) is 0.267. The molecule has 0 aromatic carbocycles. The SMILES string of the molecule is CC(=O)C(Sc1ccc2nnc(-c3cccs3)n2n1)C(=O)N(C)C. The number of hydrogen-bond donors (Lipinski definition) is 0. The van der Waals surface area contributed by atoms with Gasteiger partial charge in [-0.25, -0.2) is 0 Å². The van der Waals surface area contributed by atoms with Crippen LogP contribution in [0.3, 0.4) is 0 Å². The maximum Gasteiger partial charge on any atom is 0.243 e. The number of thioether (sulfide) groups is 1. The Bertz CT molecular complexity index is 889. The summed E-state index contributed by atoms with van der Waals surface area (Å²) in [5, 5.41) is 14.5. The van der Waals surface area contributed by atoms with E-state index in [0.717, 1.165) is 16.6 Å². The van der Waals surface area contributed by atoms with E-state index in [-0.39, 0.29) is 11.7 Å². The lowest BCUT2D eigenvalue weighted by Gasteiger charge is -2.17. The molecule has 7 nitrogen and oxygen atoms in total. The van der Waals surface area contributed by atoms with Crippen LogP contribution < -0.4 is 0 Å². The second-order valence-electron chi connectivity index (χ2n) is 5.28. The normalized spacial score (nSPS) is 12.3. The molecule has 0 radical (unpaired) electrons. The Morgan fingerprint density at radius 1 is 1.25 bits per heavy atom. The predicted octanol–water partition coefficient (Wildman–Crippen LogP) is 1.99. The number of carbonyl (C=O) groups excluding carboxylic acids is 2. The van der Waals surface area contributed by atoms with Crippen LogP contribution in [0.1, 0.15) is 6.92 Å². The van der Waals surface area contributed by atoms with E-state index in [2.05, 4.69) is 15.3 Å². The van der Waals surface area contributed by atoms with Gasteiger partial charge in [-0.3, -0.25) is 9.59 Å². The Hall–Kier alpha value is -2.26. The van der Waals surface area contributed by atoms with Gasteiger partial charge in [0.1, 0.15) is 10.3 Å². The topological polar surface area (TPSA) is 80.5 Å². The van der Waals surface area contributed by atoms with E-state index in [1.54, 1.807) is 42.1 Å². The minimum absolute atomic E-state index is 0.206. The first-order valence-corrected chi connectivity index (χ1v) is 8.88. The molecule has 0 aliphatic rings. The molecule has 0 fully saturated rings. The molecule has 0 bridgehead atoms. The zero-order valence-electron chi connectivity index (χ0n) is 13.3. The number of ketones is 1. The molecule has 124 valence electrons. The molecule has 3 aromatic heterocycles. The summed E-state index contributed by atoms with van der Waals surface area (Å²) in [5.74, 6) is 0.181. The summed E-state index contributed by atoms with van der Waals surface area (Å²) >= 11 is 2.68. The van der Waals surface area contributed by atoms with Crippen molar-refractivity contribution in [3.05, 3.63) is 29.6 Å². The molecule has 0 N–H and O–H groups in total. The summed E-state index contributed by atoms with van der Waals surface area (Å²) < 4.78 is 1.63. The molecule has 24 heavy (non-hydrogen) atoms. The Balaban J connectivity index is 1.97. The van der Waals surface area contributed by atoms with Gasteiger partial charge in [0.25, 0.3) is 0 Å². The zero-order valence-corrected chi connectivity index (χ0v) is 15.0. The fourth-order valence-corrected chi connectivity index (χ4v) is 3.74. The van der Waals surface area contributed by atoms with Crippen LogP contribution in [-0.2, 0) is 9.59 Å². The minimum atomic E-state index is -0.813. The van der Waals surface area contributed by atoms with Crippen LogP contribution >= 0.6 is 23.1 Å². The van der Waals surface area contributed by atoms with Crippen LogP contribution in [0.25, 0.3) is 16.3 Å². The van der Waals surface area contributed by atoms with Gasteiger partial charge in [0.15, 0.2) is 17.3 Å². The van der Waals surface area contributed by atoms with Crippen molar-refractivity contribution in [3.63, 3.8) is 0 Å². The van der Waals surface area contributed by atoms with Gasteiger partial charge in [0, 0.05) is 14.1 Å². The highest BCUT2D eigenvalue weighted by atomic mass is 32.2. The van der Waals surface area contributed by atoms with E-state index in [0.29, 0.717) is 16.5 Å². The van der Waals surface area contributed by atoms with E-state index in [9.17, 15) is 9.59 Å². The van der Waals surface area contributed by atoms with Gasteiger partial charge in [-0.2, -0.15) is 9.61 Å². The van der Waals surface area contributed by atoms with Crippen molar-refractivity contribution in [1.29, 1.82) is 0 Å². The molecule has 0 aliphatic heterocycles. The number of aromatic nitrogens is 4. The highest BCUT2D eigenvalue weighted by Crippen LogP contribution is 2.26. The molecule has 0 saturated heterocycles. The number of amides is 1. The summed E-state index contributed by atoms with van der Waals surface area (Å²) in [6, 6.07) is 7.39. The number of nitrogens with zero attached hydrogens (tertiary/aromatic N) is 5. The molecule has 0 saturated carbocycles. The number of carbonyl (C=O) groups is 2. The van der Waals surface area contributed by atoms with E-state index in [4.69, 9.17) is 0 Å². The van der Waals surface area contributed by atoms with Gasteiger partial charge in [0.2, 0.25) is 5.91 Å². The van der Waals surface area contributed by atoms with Crippen molar-refractivity contribution in [3.8, 4) is 10.7 Å². The summed E-state index contributed by atoms with van der Waals surface area (Å²) in [6.07, 6.45) is 0. The molecule has 0 spiro atoms. The third-order valence-electron chi connectivity index (χ3n) is 3.25. The molecule has 3 heterocycles. The first kappa shape index (κ1) is 16.6. The average Bonchev–Trinajstić information content (AvgIpc) is 3.19. The molecule has 3 aromatic rings. The van der Waals surface area contributed by atoms with Crippen molar-refractivity contribution in [1.82, 2.24) is 24.7 Å². The predicted molar refractivity (Wildman–Crippen MR) is 93.1 cm³/mol. The van der Waals surface area contributed by atoms with Crippen molar-refractivity contribution in [2.75, 3.05) is 14.1 Å². The highest BCUT2D eigenvalue weighted by molar-refractivity contribution is 8.01. The minimum Gasteiger partial charge on any atom is -0.347 e. The number of Topliss-reactive ketones (excluding diaryl/α,β-unsaturated/α-hetero) is 1. The molecule has 0 aliphatic carbocycles. The quantitative estimate of drug-likeness (QED) is 0.511. The summed E-state index contributed by atoms with van der Waals surface area (Å²) in [5.41, 5.74) is 0.612. The van der Waals surface area contributed by atoms with Gasteiger partial charge < -0.3 is 4.90 Å². The number of thiophene rings is 1. The second kappa shape index (κ2) is 6.70. The van der Waals surface area contributed by atoms with Crippen molar-refractivity contribution in [2.45, 2.75) is 17.2 Å². The lowest BCUT2D eigenvalue weighted by molar-refractivity contribution is -0.132. The van der Waals surface area contributed by atoms with Gasteiger partial charge in [0.05, 0.1) is 4.88 Å². The summed E-state index contributed by atoms with van der Waals surface area (Å²) in [7, 11) is 3.26. The smallest absolute Gasteiger partial charge is 0.243 e. The van der Waals surface area contributed by atoms with E-state index < -0.39 is 5.25 Å². The maximum atomic E-state index is 12.2. The monoisotopic (exact) mass is 361 g/mol. The Labute approximate surface area is 146 Å². The van der Waals surface area contributed by atoms with Crippen molar-refractivity contribution >= 4 is 40.4 Å². The zero-order chi connectivity index (χ0) is 17.3. The van der Waals surface area contributed by atoms with Gasteiger partial charge >= 0.3 is 0 Å². The number of rotatable bonds is 5. The molecule has 1 unspecified atom stereocenters. The maximum absolute atomic E-state index is 12.2. The third kappa shape index (κ3) is 3.17. The van der Waals surface area contributed by atoms with Crippen molar-refractivity contribution in [2.24, 2.45) is 0 Å². The van der Waals surface area contributed by atoms with Crippen LogP contribution in [0.4, 0.5) is 0 Å². The number of hydrogen-bond acceptors (Lipinski definition) is 7. The van der Waals surface area contributed by atoms with E-state index in [1.807, 2.05) is 17.5 Å². The van der Waals surface area contributed by atoms with Crippen LogP contribution in [0, 0.1) is 0 Å². The summed E-state index contributed by atoms with van der Waals surface area (Å²) in [4.78, 5) is 26.4. The first-order chi connectivity index (χ1) is 11.5. The Morgan fingerprint density at radius 2 is 2.04 bits per heavy atom. The molecule has 9 heteroatoms. The van der Waals surface area contributed by atoms with Gasteiger partial charge in [-0.1, -0.05) is 17.8 Å². The third-order valence-corrected chi connectivity index (χ3v) is 5.35. The fourth-order valence-electron chi connectivity index (χ4n) is 2.06. The molecular formula is C15H15N5O2S2. The largest absolute Gasteiger partial charge is 0.347 e. The summed E-state index contributed by atoms with van der Waals surface area (Å²) in [6.45, 7) is 1.41. The molecule has 1 amide bonds. The second-order valence-corrected chi connectivity index (χ2v) is 7.36. The molecule has 1 atom stereocenters.